The Morgan fingerprint density at radius 1 is 0.903 bits per heavy atom. The van der Waals surface area contributed by atoms with Crippen LogP contribution in [0.4, 0.5) is 0 Å². The maximum atomic E-state index is 6.56. The molecule has 31 heavy (non-hydrogen) atoms. The van der Waals surface area contributed by atoms with E-state index in [2.05, 4.69) is 61.6 Å². The van der Waals surface area contributed by atoms with Crippen molar-refractivity contribution in [1.29, 1.82) is 0 Å². The van der Waals surface area contributed by atoms with Crippen molar-refractivity contribution in [2.75, 3.05) is 13.2 Å². The highest BCUT2D eigenvalue weighted by Crippen LogP contribution is 2.42. The van der Waals surface area contributed by atoms with Crippen LogP contribution in [0.1, 0.15) is 76.2 Å². The molecule has 2 aliphatic heterocycles. The van der Waals surface area contributed by atoms with Gasteiger partial charge in [0.1, 0.15) is 0 Å². The molecule has 0 aromatic carbocycles. The van der Waals surface area contributed by atoms with Crippen LogP contribution < -0.4 is 0 Å². The van der Waals surface area contributed by atoms with E-state index in [-0.39, 0.29) is 41.1 Å². The zero-order chi connectivity index (χ0) is 24.0. The number of hydrogen-bond acceptors (Lipinski definition) is 5. The third-order valence-corrected chi connectivity index (χ3v) is 12.2. The summed E-state index contributed by atoms with van der Waals surface area (Å²) in [4.78, 5) is 0. The molecule has 6 heteroatoms. The highest BCUT2D eigenvalue weighted by molar-refractivity contribution is 6.74. The lowest BCUT2D eigenvalue weighted by molar-refractivity contribution is -0.354. The van der Waals surface area contributed by atoms with Gasteiger partial charge in [0, 0.05) is 30.3 Å². The summed E-state index contributed by atoms with van der Waals surface area (Å²) in [6.07, 6.45) is 0.207. The Morgan fingerprint density at radius 3 is 1.97 bits per heavy atom. The topological polar surface area (TPSA) is 46.2 Å². The van der Waals surface area contributed by atoms with Gasteiger partial charge in [-0.2, -0.15) is 0 Å². The Kier molecular flexibility index (Phi) is 8.21. The highest BCUT2D eigenvalue weighted by Gasteiger charge is 2.49. The van der Waals surface area contributed by atoms with Gasteiger partial charge < -0.3 is 23.4 Å². The molecule has 0 aromatic rings. The Morgan fingerprint density at radius 2 is 1.42 bits per heavy atom. The predicted molar refractivity (Wildman–Crippen MR) is 129 cm³/mol. The molecule has 184 valence electrons. The standard InChI is InChI=1S/C25H50O5Si/c1-16-14-26-24(8,9)28-20(16)18(3)22-19(4)21(29-25(10,11)30-22)17(2)15-27-31(12,13)23(5,6)7/h16-22H,14-15H2,1-13H3/t16-,17-,18+,19+,20-,21+,22+/m1/s1. The lowest BCUT2D eigenvalue weighted by Gasteiger charge is -2.52. The molecule has 7 atom stereocenters. The lowest BCUT2D eigenvalue weighted by atomic mass is 9.78. The quantitative estimate of drug-likeness (QED) is 0.442. The number of hydrogen-bond donors (Lipinski definition) is 0. The summed E-state index contributed by atoms with van der Waals surface area (Å²) >= 11 is 0. The van der Waals surface area contributed by atoms with E-state index in [1.165, 1.54) is 0 Å². The average molecular weight is 459 g/mol. The van der Waals surface area contributed by atoms with Crippen LogP contribution in [0.15, 0.2) is 0 Å². The molecule has 0 aliphatic carbocycles. The molecule has 5 nitrogen and oxygen atoms in total. The van der Waals surface area contributed by atoms with Crippen LogP contribution in [0.25, 0.3) is 0 Å². The Balaban J connectivity index is 2.16. The summed E-state index contributed by atoms with van der Waals surface area (Å²) < 4.78 is 31.8. The summed E-state index contributed by atoms with van der Waals surface area (Å²) in [5.41, 5.74) is 0. The monoisotopic (exact) mass is 458 g/mol. The molecule has 0 N–H and O–H groups in total. The van der Waals surface area contributed by atoms with E-state index in [0.29, 0.717) is 12.5 Å². The van der Waals surface area contributed by atoms with Crippen molar-refractivity contribution in [2.24, 2.45) is 23.7 Å². The number of ether oxygens (including phenoxy) is 4. The summed E-state index contributed by atoms with van der Waals surface area (Å²) in [5, 5.41) is 0.203. The molecule has 2 heterocycles. The smallest absolute Gasteiger partial charge is 0.191 e. The van der Waals surface area contributed by atoms with Crippen molar-refractivity contribution in [2.45, 2.75) is 124 Å². The van der Waals surface area contributed by atoms with E-state index in [1.807, 2.05) is 27.7 Å². The zero-order valence-corrected chi connectivity index (χ0v) is 23.5. The van der Waals surface area contributed by atoms with Gasteiger partial charge in [0.05, 0.1) is 24.9 Å². The van der Waals surface area contributed by atoms with Crippen LogP contribution in [0.5, 0.6) is 0 Å². The minimum absolute atomic E-state index is 0.0467. The van der Waals surface area contributed by atoms with E-state index < -0.39 is 19.9 Å². The molecule has 0 radical (unpaired) electrons. The lowest BCUT2D eigenvalue weighted by Crippen LogP contribution is -2.58. The molecular weight excluding hydrogens is 408 g/mol. The Bertz CT molecular complexity index is 597. The van der Waals surface area contributed by atoms with Crippen molar-refractivity contribution >= 4 is 8.32 Å². The molecular formula is C25H50O5Si. The Labute approximate surface area is 193 Å². The van der Waals surface area contributed by atoms with E-state index in [9.17, 15) is 0 Å². The first-order valence-electron chi connectivity index (χ1n) is 12.2. The molecule has 2 fully saturated rings. The molecule has 0 spiro atoms. The van der Waals surface area contributed by atoms with Crippen LogP contribution in [0.2, 0.25) is 18.1 Å². The van der Waals surface area contributed by atoms with Crippen LogP contribution in [0, 0.1) is 23.7 Å². The van der Waals surface area contributed by atoms with E-state index >= 15 is 0 Å². The van der Waals surface area contributed by atoms with Crippen molar-refractivity contribution in [3.63, 3.8) is 0 Å². The van der Waals surface area contributed by atoms with E-state index in [0.717, 1.165) is 6.61 Å². The first-order chi connectivity index (χ1) is 13.9. The normalized spacial score (nSPS) is 36.1. The van der Waals surface area contributed by atoms with Gasteiger partial charge in [0.15, 0.2) is 19.9 Å². The summed E-state index contributed by atoms with van der Waals surface area (Å²) in [6.45, 7) is 30.0. The van der Waals surface area contributed by atoms with Crippen LogP contribution in [0.3, 0.4) is 0 Å². The van der Waals surface area contributed by atoms with Gasteiger partial charge in [-0.05, 0) is 45.8 Å². The van der Waals surface area contributed by atoms with Crippen molar-refractivity contribution in [3.8, 4) is 0 Å². The molecule has 2 aliphatic rings. The molecule has 0 aromatic heterocycles. The van der Waals surface area contributed by atoms with Gasteiger partial charge in [-0.3, -0.25) is 0 Å². The fourth-order valence-electron chi connectivity index (χ4n) is 4.67. The van der Waals surface area contributed by atoms with Crippen molar-refractivity contribution in [1.82, 2.24) is 0 Å². The third kappa shape index (κ3) is 6.54. The van der Waals surface area contributed by atoms with Gasteiger partial charge in [0.25, 0.3) is 0 Å². The van der Waals surface area contributed by atoms with Gasteiger partial charge in [-0.25, -0.2) is 0 Å². The second-order valence-corrected chi connectivity index (χ2v) is 17.4. The van der Waals surface area contributed by atoms with Crippen LogP contribution in [-0.4, -0.2) is 51.4 Å². The molecule has 0 saturated carbocycles. The summed E-state index contributed by atoms with van der Waals surface area (Å²) in [6, 6.07) is 0. The summed E-state index contributed by atoms with van der Waals surface area (Å²) in [5.74, 6) is -0.117. The average Bonchev–Trinajstić information content (AvgIpc) is 2.62. The molecule has 0 amide bonds. The molecule has 2 rings (SSSR count). The minimum atomic E-state index is -1.80. The third-order valence-electron chi connectivity index (χ3n) is 7.66. The van der Waals surface area contributed by atoms with Gasteiger partial charge in [-0.1, -0.05) is 48.5 Å². The SMILES string of the molecule is C[C@@H]1[C@H]([C@@H](C)[C@@H]2OC(C)(C)OC[C@H]2C)OC(C)(C)O[C@H]1[C@H](C)CO[Si](C)(C)C(C)(C)C. The maximum absolute atomic E-state index is 6.56. The maximum Gasteiger partial charge on any atom is 0.191 e. The molecule has 2 saturated heterocycles. The second kappa shape index (κ2) is 9.34. The molecule has 0 unspecified atom stereocenters. The zero-order valence-electron chi connectivity index (χ0n) is 22.5. The number of rotatable bonds is 6. The fourth-order valence-corrected chi connectivity index (χ4v) is 5.79. The van der Waals surface area contributed by atoms with Crippen LogP contribution in [-0.2, 0) is 23.4 Å². The van der Waals surface area contributed by atoms with Gasteiger partial charge in [-0.15, -0.1) is 0 Å². The van der Waals surface area contributed by atoms with E-state index in [4.69, 9.17) is 23.4 Å². The first kappa shape index (κ1) is 27.3. The van der Waals surface area contributed by atoms with Crippen molar-refractivity contribution in [3.05, 3.63) is 0 Å². The molecule has 0 bridgehead atoms. The van der Waals surface area contributed by atoms with Crippen molar-refractivity contribution < 1.29 is 23.4 Å². The van der Waals surface area contributed by atoms with Gasteiger partial charge in [0.2, 0.25) is 0 Å². The highest BCUT2D eigenvalue weighted by atomic mass is 28.4. The first-order valence-corrected chi connectivity index (χ1v) is 15.1. The van der Waals surface area contributed by atoms with E-state index in [1.54, 1.807) is 0 Å². The second-order valence-electron chi connectivity index (χ2n) is 12.6. The fraction of sp³-hybridized carbons (Fsp3) is 1.00. The largest absolute Gasteiger partial charge is 0.416 e. The minimum Gasteiger partial charge on any atom is -0.416 e. The van der Waals surface area contributed by atoms with Gasteiger partial charge >= 0.3 is 0 Å². The predicted octanol–water partition coefficient (Wildman–Crippen LogP) is 6.22. The summed E-state index contributed by atoms with van der Waals surface area (Å²) in [7, 11) is -1.80. The van der Waals surface area contributed by atoms with Crippen LogP contribution >= 0.6 is 0 Å². The Hall–Kier alpha value is 0.0169.